The first-order valence-corrected chi connectivity index (χ1v) is 6.20. The zero-order valence-corrected chi connectivity index (χ0v) is 11.0. The van der Waals surface area contributed by atoms with Gasteiger partial charge in [-0.25, -0.2) is 9.59 Å². The van der Waals surface area contributed by atoms with Crippen molar-refractivity contribution in [1.82, 2.24) is 20.2 Å². The van der Waals surface area contributed by atoms with E-state index < -0.39 is 24.1 Å². The summed E-state index contributed by atoms with van der Waals surface area (Å²) >= 11 is 0. The predicted octanol–water partition coefficient (Wildman–Crippen LogP) is -0.486. The first-order valence-electron chi connectivity index (χ1n) is 6.20. The molecule has 0 unspecified atom stereocenters. The standard InChI is InChI=1S/C12H16N4O4/c1-7-3-14-8(4-13-7)5-15-12(20)16-6-9(17)2-10(16)11(18)19/h3-4,9-10,17H,2,5-6H2,1H3,(H,15,20)(H,18,19)/t9-,10-/m0/s1. The second-order valence-electron chi connectivity index (χ2n) is 4.70. The molecular weight excluding hydrogens is 264 g/mol. The van der Waals surface area contributed by atoms with E-state index in [9.17, 15) is 14.7 Å². The van der Waals surface area contributed by atoms with E-state index >= 15 is 0 Å². The number of hydrogen-bond acceptors (Lipinski definition) is 5. The number of aliphatic carboxylic acids is 1. The Balaban J connectivity index is 1.94. The number of hydrogen-bond donors (Lipinski definition) is 3. The Morgan fingerprint density at radius 1 is 1.45 bits per heavy atom. The number of β-amino-alcohol motifs (C(OH)–C–C–N with tert-alkyl or cyclic N) is 1. The first-order chi connectivity index (χ1) is 9.47. The number of urea groups is 1. The molecule has 20 heavy (non-hydrogen) atoms. The first kappa shape index (κ1) is 14.2. The third kappa shape index (κ3) is 3.21. The Bertz CT molecular complexity index is 505. The largest absolute Gasteiger partial charge is 0.480 e. The molecular formula is C12H16N4O4. The second kappa shape index (κ2) is 5.83. The van der Waals surface area contributed by atoms with Crippen LogP contribution in [0.25, 0.3) is 0 Å². The number of nitrogens with zero attached hydrogens (tertiary/aromatic N) is 3. The lowest BCUT2D eigenvalue weighted by atomic mass is 10.2. The highest BCUT2D eigenvalue weighted by Gasteiger charge is 2.38. The topological polar surface area (TPSA) is 116 Å². The highest BCUT2D eigenvalue weighted by molar-refractivity contribution is 5.83. The van der Waals surface area contributed by atoms with Gasteiger partial charge in [0.2, 0.25) is 0 Å². The molecule has 108 valence electrons. The normalized spacial score (nSPS) is 21.8. The van der Waals surface area contributed by atoms with E-state index in [2.05, 4.69) is 15.3 Å². The fraction of sp³-hybridized carbons (Fsp3) is 0.500. The van der Waals surface area contributed by atoms with E-state index in [1.54, 1.807) is 19.3 Å². The molecule has 1 aromatic heterocycles. The van der Waals surface area contributed by atoms with E-state index in [0.717, 1.165) is 10.6 Å². The van der Waals surface area contributed by atoms with Crippen molar-refractivity contribution in [3.63, 3.8) is 0 Å². The molecule has 0 saturated carbocycles. The minimum absolute atomic E-state index is 0.0162. The van der Waals surface area contributed by atoms with Crippen LogP contribution >= 0.6 is 0 Å². The minimum Gasteiger partial charge on any atom is -0.480 e. The number of likely N-dealkylation sites (tertiary alicyclic amines) is 1. The van der Waals surface area contributed by atoms with Crippen LogP contribution in [0.2, 0.25) is 0 Å². The Morgan fingerprint density at radius 2 is 2.20 bits per heavy atom. The quantitative estimate of drug-likeness (QED) is 0.688. The molecule has 0 bridgehead atoms. The molecule has 3 N–H and O–H groups in total. The smallest absolute Gasteiger partial charge is 0.326 e. The van der Waals surface area contributed by atoms with Gasteiger partial charge in [-0.05, 0) is 6.92 Å². The Hall–Kier alpha value is -2.22. The number of carboxylic acid groups (broad SMARTS) is 1. The van der Waals surface area contributed by atoms with E-state index in [0.29, 0.717) is 5.69 Å². The van der Waals surface area contributed by atoms with Crippen molar-refractivity contribution in [2.45, 2.75) is 32.0 Å². The Kier molecular flexibility index (Phi) is 4.14. The molecule has 2 heterocycles. The molecule has 0 radical (unpaired) electrons. The third-order valence-electron chi connectivity index (χ3n) is 3.08. The van der Waals surface area contributed by atoms with Crippen molar-refractivity contribution in [2.24, 2.45) is 0 Å². The van der Waals surface area contributed by atoms with Gasteiger partial charge < -0.3 is 20.4 Å². The van der Waals surface area contributed by atoms with Crippen LogP contribution in [0, 0.1) is 6.92 Å². The maximum absolute atomic E-state index is 11.9. The summed E-state index contributed by atoms with van der Waals surface area (Å²) in [6.07, 6.45) is 2.37. The van der Waals surface area contributed by atoms with Crippen molar-refractivity contribution in [1.29, 1.82) is 0 Å². The monoisotopic (exact) mass is 280 g/mol. The number of aromatic nitrogens is 2. The molecule has 8 nitrogen and oxygen atoms in total. The van der Waals surface area contributed by atoms with Crippen LogP contribution in [0.5, 0.6) is 0 Å². The third-order valence-corrected chi connectivity index (χ3v) is 3.08. The summed E-state index contributed by atoms with van der Waals surface area (Å²) in [5.74, 6) is -1.12. The number of rotatable bonds is 3. The Labute approximate surface area is 115 Å². The maximum Gasteiger partial charge on any atom is 0.326 e. The lowest BCUT2D eigenvalue weighted by Crippen LogP contribution is -2.46. The molecule has 1 aliphatic rings. The van der Waals surface area contributed by atoms with Crippen molar-refractivity contribution >= 4 is 12.0 Å². The average molecular weight is 280 g/mol. The fourth-order valence-corrected chi connectivity index (χ4v) is 2.05. The van der Waals surface area contributed by atoms with Crippen LogP contribution in [0.15, 0.2) is 12.4 Å². The summed E-state index contributed by atoms with van der Waals surface area (Å²) in [7, 11) is 0. The van der Waals surface area contributed by atoms with Gasteiger partial charge in [0.05, 0.1) is 30.2 Å². The summed E-state index contributed by atoms with van der Waals surface area (Å²) in [5, 5.41) is 21.1. The molecule has 2 atom stereocenters. The number of amides is 2. The Morgan fingerprint density at radius 3 is 2.80 bits per heavy atom. The molecule has 2 rings (SSSR count). The van der Waals surface area contributed by atoms with Crippen LogP contribution in [0.1, 0.15) is 17.8 Å². The van der Waals surface area contributed by atoms with Gasteiger partial charge in [0.1, 0.15) is 6.04 Å². The molecule has 0 spiro atoms. The number of aryl methyl sites for hydroxylation is 1. The highest BCUT2D eigenvalue weighted by Crippen LogP contribution is 2.18. The number of nitrogens with one attached hydrogen (secondary N) is 1. The van der Waals surface area contributed by atoms with Crippen molar-refractivity contribution < 1.29 is 19.8 Å². The molecule has 1 aromatic rings. The number of carbonyl (C=O) groups excluding carboxylic acids is 1. The lowest BCUT2D eigenvalue weighted by Gasteiger charge is -2.21. The fourth-order valence-electron chi connectivity index (χ4n) is 2.05. The van der Waals surface area contributed by atoms with Gasteiger partial charge in [0, 0.05) is 19.2 Å². The zero-order chi connectivity index (χ0) is 14.7. The molecule has 8 heteroatoms. The average Bonchev–Trinajstić information content (AvgIpc) is 2.80. The van der Waals surface area contributed by atoms with Gasteiger partial charge in [-0.1, -0.05) is 0 Å². The van der Waals surface area contributed by atoms with E-state index in [1.165, 1.54) is 0 Å². The van der Waals surface area contributed by atoms with Crippen LogP contribution < -0.4 is 5.32 Å². The van der Waals surface area contributed by atoms with Crippen molar-refractivity contribution in [2.75, 3.05) is 6.54 Å². The van der Waals surface area contributed by atoms with Crippen LogP contribution in [0.4, 0.5) is 4.79 Å². The van der Waals surface area contributed by atoms with Crippen molar-refractivity contribution in [3.8, 4) is 0 Å². The summed E-state index contributed by atoms with van der Waals surface area (Å²) in [4.78, 5) is 32.2. The number of carboxylic acids is 1. The van der Waals surface area contributed by atoms with Gasteiger partial charge in [-0.15, -0.1) is 0 Å². The summed E-state index contributed by atoms with van der Waals surface area (Å²) in [6, 6.07) is -1.52. The summed E-state index contributed by atoms with van der Waals surface area (Å²) in [5.41, 5.74) is 1.35. The molecule has 1 aliphatic heterocycles. The van der Waals surface area contributed by atoms with Gasteiger partial charge >= 0.3 is 12.0 Å². The SMILES string of the molecule is Cc1cnc(CNC(=O)N2C[C@@H](O)C[C@H]2C(=O)O)cn1. The number of carbonyl (C=O) groups is 2. The molecule has 0 aliphatic carbocycles. The summed E-state index contributed by atoms with van der Waals surface area (Å²) < 4.78 is 0. The molecule has 1 saturated heterocycles. The predicted molar refractivity (Wildman–Crippen MR) is 67.8 cm³/mol. The van der Waals surface area contributed by atoms with Crippen LogP contribution in [-0.4, -0.2) is 55.8 Å². The van der Waals surface area contributed by atoms with Gasteiger partial charge in [0.25, 0.3) is 0 Å². The molecule has 2 amide bonds. The van der Waals surface area contributed by atoms with E-state index in [1.807, 2.05) is 0 Å². The van der Waals surface area contributed by atoms with Gasteiger partial charge in [-0.2, -0.15) is 0 Å². The van der Waals surface area contributed by atoms with Gasteiger partial charge in [-0.3, -0.25) is 9.97 Å². The van der Waals surface area contributed by atoms with Gasteiger partial charge in [0.15, 0.2) is 0 Å². The maximum atomic E-state index is 11.9. The van der Waals surface area contributed by atoms with Crippen molar-refractivity contribution in [3.05, 3.63) is 23.8 Å². The molecule has 1 fully saturated rings. The van der Waals surface area contributed by atoms with E-state index in [-0.39, 0.29) is 19.5 Å². The molecule has 0 aromatic carbocycles. The van der Waals surface area contributed by atoms with E-state index in [4.69, 9.17) is 5.11 Å². The second-order valence-corrected chi connectivity index (χ2v) is 4.70. The number of aliphatic hydroxyl groups is 1. The van der Waals surface area contributed by atoms with Crippen LogP contribution in [0.3, 0.4) is 0 Å². The minimum atomic E-state index is -1.12. The number of aliphatic hydroxyl groups excluding tert-OH is 1. The zero-order valence-electron chi connectivity index (χ0n) is 11.0. The summed E-state index contributed by atoms with van der Waals surface area (Å²) in [6.45, 7) is 1.98. The van der Waals surface area contributed by atoms with Crippen LogP contribution in [-0.2, 0) is 11.3 Å². The highest BCUT2D eigenvalue weighted by atomic mass is 16.4. The lowest BCUT2D eigenvalue weighted by molar-refractivity contribution is -0.141.